The molecule has 1 saturated carbocycles. The van der Waals surface area contributed by atoms with E-state index in [-0.39, 0.29) is 31.0 Å². The molecule has 0 atom stereocenters. The minimum absolute atomic E-state index is 0.0297. The van der Waals surface area contributed by atoms with Crippen molar-refractivity contribution < 1.29 is 19.5 Å². The monoisotopic (exact) mass is 323 g/mol. The van der Waals surface area contributed by atoms with Gasteiger partial charge in [0.15, 0.2) is 5.78 Å². The van der Waals surface area contributed by atoms with Crippen LogP contribution in [0.2, 0.25) is 0 Å². The smallest absolute Gasteiger partial charge is 0.305 e. The van der Waals surface area contributed by atoms with Crippen LogP contribution in [0.25, 0.3) is 0 Å². The first kappa shape index (κ1) is 16.7. The quantitative estimate of drug-likeness (QED) is 0.756. The summed E-state index contributed by atoms with van der Waals surface area (Å²) in [6.45, 7) is 3.86. The van der Waals surface area contributed by atoms with E-state index >= 15 is 0 Å². The fourth-order valence-electron chi connectivity index (χ4n) is 2.87. The maximum Gasteiger partial charge on any atom is 0.305 e. The van der Waals surface area contributed by atoms with Crippen molar-refractivity contribution in [2.75, 3.05) is 0 Å². The molecular weight excluding hydrogens is 302 g/mol. The Bertz CT molecular complexity index is 601. The molecule has 2 rings (SSSR count). The lowest BCUT2D eigenvalue weighted by molar-refractivity contribution is -0.140. The molecule has 0 radical (unpaired) electrons. The second kappa shape index (κ2) is 6.60. The first-order chi connectivity index (χ1) is 10.3. The number of carbonyl (C=O) groups is 3. The van der Waals surface area contributed by atoms with Crippen LogP contribution in [0.15, 0.2) is 6.07 Å². The van der Waals surface area contributed by atoms with Crippen LogP contribution in [0.3, 0.4) is 0 Å². The molecule has 0 spiro atoms. The predicted molar refractivity (Wildman–Crippen MR) is 84.3 cm³/mol. The van der Waals surface area contributed by atoms with E-state index in [1.54, 1.807) is 11.3 Å². The molecule has 6 heteroatoms. The largest absolute Gasteiger partial charge is 0.481 e. The van der Waals surface area contributed by atoms with Crippen molar-refractivity contribution >= 4 is 29.0 Å². The lowest BCUT2D eigenvalue weighted by atomic mass is 9.74. The Balaban J connectivity index is 1.86. The Morgan fingerprint density at radius 3 is 2.41 bits per heavy atom. The minimum Gasteiger partial charge on any atom is -0.481 e. The third kappa shape index (κ3) is 3.94. The summed E-state index contributed by atoms with van der Waals surface area (Å²) in [5, 5.41) is 11.7. The van der Waals surface area contributed by atoms with E-state index in [1.165, 1.54) is 0 Å². The number of aryl methyl sites for hydroxylation is 2. The Morgan fingerprint density at radius 1 is 1.27 bits per heavy atom. The van der Waals surface area contributed by atoms with Crippen LogP contribution in [0.5, 0.6) is 0 Å². The number of rotatable bonds is 7. The fourth-order valence-corrected chi connectivity index (χ4v) is 3.81. The molecule has 1 heterocycles. The van der Waals surface area contributed by atoms with Gasteiger partial charge in [-0.2, -0.15) is 0 Å². The summed E-state index contributed by atoms with van der Waals surface area (Å²) in [4.78, 5) is 37.1. The van der Waals surface area contributed by atoms with E-state index in [0.29, 0.717) is 18.4 Å². The summed E-state index contributed by atoms with van der Waals surface area (Å²) < 4.78 is 0. The molecule has 1 fully saturated rings. The number of Topliss-reactive ketones (excluding diaryl/α,β-unsaturated/α-hetero) is 1. The van der Waals surface area contributed by atoms with Gasteiger partial charge in [0, 0.05) is 28.2 Å². The number of nitrogens with one attached hydrogen (secondary N) is 1. The number of ketones is 1. The molecule has 0 unspecified atom stereocenters. The normalized spacial score (nSPS) is 15.9. The van der Waals surface area contributed by atoms with Crippen molar-refractivity contribution in [3.63, 3.8) is 0 Å². The SMILES string of the molecule is Cc1cc(C(=O)CCC(=O)NC2(CC(=O)O)CCC2)c(C)s1. The summed E-state index contributed by atoms with van der Waals surface area (Å²) >= 11 is 1.57. The van der Waals surface area contributed by atoms with Crippen molar-refractivity contribution in [2.24, 2.45) is 0 Å². The highest BCUT2D eigenvalue weighted by atomic mass is 32.1. The molecule has 1 aromatic heterocycles. The highest BCUT2D eigenvalue weighted by molar-refractivity contribution is 7.12. The predicted octanol–water partition coefficient (Wildman–Crippen LogP) is 2.84. The van der Waals surface area contributed by atoms with Gasteiger partial charge >= 0.3 is 5.97 Å². The number of aliphatic carboxylic acids is 1. The topological polar surface area (TPSA) is 83.5 Å². The summed E-state index contributed by atoms with van der Waals surface area (Å²) in [5.74, 6) is -1.17. The zero-order valence-corrected chi connectivity index (χ0v) is 13.7. The van der Waals surface area contributed by atoms with E-state index in [9.17, 15) is 14.4 Å². The molecule has 0 aromatic carbocycles. The standard InChI is InChI=1S/C16H21NO4S/c1-10-8-12(11(2)22-10)13(18)4-5-14(19)17-16(6-3-7-16)9-15(20)21/h8H,3-7,9H2,1-2H3,(H,17,19)(H,20,21). The summed E-state index contributed by atoms with van der Waals surface area (Å²) in [6, 6.07) is 1.86. The van der Waals surface area contributed by atoms with Crippen molar-refractivity contribution in [2.45, 2.75) is 57.9 Å². The summed E-state index contributed by atoms with van der Waals surface area (Å²) in [5.41, 5.74) is 0.0973. The van der Waals surface area contributed by atoms with Gasteiger partial charge in [-0.05, 0) is 39.2 Å². The summed E-state index contributed by atoms with van der Waals surface area (Å²) in [7, 11) is 0. The van der Waals surface area contributed by atoms with Gasteiger partial charge in [-0.3, -0.25) is 14.4 Å². The number of thiophene rings is 1. The van der Waals surface area contributed by atoms with E-state index < -0.39 is 11.5 Å². The number of hydrogen-bond acceptors (Lipinski definition) is 4. The van der Waals surface area contributed by atoms with Crippen LogP contribution in [0, 0.1) is 13.8 Å². The van der Waals surface area contributed by atoms with Crippen molar-refractivity contribution in [3.05, 3.63) is 21.4 Å². The molecule has 0 aliphatic heterocycles. The lowest BCUT2D eigenvalue weighted by Crippen LogP contribution is -2.54. The van der Waals surface area contributed by atoms with Crippen LogP contribution in [-0.4, -0.2) is 28.3 Å². The highest BCUT2D eigenvalue weighted by Gasteiger charge is 2.40. The van der Waals surface area contributed by atoms with E-state index in [1.807, 2.05) is 19.9 Å². The zero-order valence-electron chi connectivity index (χ0n) is 12.9. The third-order valence-corrected chi connectivity index (χ3v) is 5.09. The molecule has 1 amide bonds. The van der Waals surface area contributed by atoms with Crippen molar-refractivity contribution in [3.8, 4) is 0 Å². The van der Waals surface area contributed by atoms with Crippen molar-refractivity contribution in [1.82, 2.24) is 5.32 Å². The Hall–Kier alpha value is -1.69. The second-order valence-corrected chi connectivity index (χ2v) is 7.46. The van der Waals surface area contributed by atoms with Crippen LogP contribution < -0.4 is 5.32 Å². The van der Waals surface area contributed by atoms with Gasteiger partial charge < -0.3 is 10.4 Å². The molecule has 0 saturated heterocycles. The third-order valence-electron chi connectivity index (χ3n) is 4.13. The average Bonchev–Trinajstić information content (AvgIpc) is 2.72. The van der Waals surface area contributed by atoms with Gasteiger partial charge in [-0.1, -0.05) is 0 Å². The van der Waals surface area contributed by atoms with Gasteiger partial charge in [0.2, 0.25) is 5.91 Å². The number of carboxylic acids is 1. The molecule has 0 bridgehead atoms. The van der Waals surface area contributed by atoms with Gasteiger partial charge in [0.1, 0.15) is 0 Å². The van der Waals surface area contributed by atoms with E-state index in [4.69, 9.17) is 5.11 Å². The lowest BCUT2D eigenvalue weighted by Gasteiger charge is -2.41. The van der Waals surface area contributed by atoms with Gasteiger partial charge in [0.25, 0.3) is 0 Å². The Labute approximate surface area is 133 Å². The molecular formula is C16H21NO4S. The molecule has 5 nitrogen and oxygen atoms in total. The van der Waals surface area contributed by atoms with E-state index in [0.717, 1.165) is 16.2 Å². The maximum atomic E-state index is 12.1. The molecule has 1 aliphatic rings. The number of hydrogen-bond donors (Lipinski definition) is 2. The van der Waals surface area contributed by atoms with E-state index in [2.05, 4.69) is 5.32 Å². The van der Waals surface area contributed by atoms with Crippen LogP contribution >= 0.6 is 11.3 Å². The highest BCUT2D eigenvalue weighted by Crippen LogP contribution is 2.35. The fraction of sp³-hybridized carbons (Fsp3) is 0.562. The molecule has 2 N–H and O–H groups in total. The summed E-state index contributed by atoms with van der Waals surface area (Å²) in [6.07, 6.45) is 2.54. The van der Waals surface area contributed by atoms with Crippen LogP contribution in [-0.2, 0) is 9.59 Å². The van der Waals surface area contributed by atoms with Gasteiger partial charge in [0.05, 0.1) is 12.0 Å². The first-order valence-corrected chi connectivity index (χ1v) is 8.26. The zero-order chi connectivity index (χ0) is 16.3. The van der Waals surface area contributed by atoms with Crippen LogP contribution in [0.1, 0.15) is 58.6 Å². The molecule has 22 heavy (non-hydrogen) atoms. The first-order valence-electron chi connectivity index (χ1n) is 7.44. The number of carbonyl (C=O) groups excluding carboxylic acids is 2. The van der Waals surface area contributed by atoms with Crippen molar-refractivity contribution in [1.29, 1.82) is 0 Å². The Morgan fingerprint density at radius 2 is 1.95 bits per heavy atom. The van der Waals surface area contributed by atoms with Gasteiger partial charge in [-0.25, -0.2) is 0 Å². The van der Waals surface area contributed by atoms with Crippen LogP contribution in [0.4, 0.5) is 0 Å². The molecule has 1 aromatic rings. The second-order valence-electron chi connectivity index (χ2n) is 6.00. The molecule has 120 valence electrons. The Kier molecular flexibility index (Phi) is 5.01. The molecule has 1 aliphatic carbocycles. The number of amides is 1. The maximum absolute atomic E-state index is 12.1. The minimum atomic E-state index is -0.902. The number of carboxylic acid groups (broad SMARTS) is 1. The average molecular weight is 323 g/mol. The van der Waals surface area contributed by atoms with Gasteiger partial charge in [-0.15, -0.1) is 11.3 Å².